The molecule has 2 aliphatic rings. The number of aryl methyl sites for hydroxylation is 1. The lowest BCUT2D eigenvalue weighted by atomic mass is 9.76. The second-order valence-corrected chi connectivity index (χ2v) is 11.3. The van der Waals surface area contributed by atoms with E-state index in [1.165, 1.54) is 11.0 Å². The molecule has 5 nitrogen and oxygen atoms in total. The first-order valence-electron chi connectivity index (χ1n) is 13.3. The molecule has 2 heterocycles. The molecule has 3 unspecified atom stereocenters. The van der Waals surface area contributed by atoms with Gasteiger partial charge in [-0.25, -0.2) is 4.79 Å². The molecule has 2 saturated heterocycles. The number of piperazine rings is 1. The van der Waals surface area contributed by atoms with Gasteiger partial charge in [0.2, 0.25) is 5.91 Å². The van der Waals surface area contributed by atoms with E-state index in [4.69, 9.17) is 11.6 Å². The number of rotatable bonds is 7. The first kappa shape index (κ1) is 29.7. The van der Waals surface area contributed by atoms with Crippen molar-refractivity contribution in [1.29, 1.82) is 0 Å². The summed E-state index contributed by atoms with van der Waals surface area (Å²) in [6.07, 6.45) is 0.517. The Labute approximate surface area is 238 Å². The van der Waals surface area contributed by atoms with Gasteiger partial charge in [0.15, 0.2) is 0 Å². The van der Waals surface area contributed by atoms with Gasteiger partial charge in [0.05, 0.1) is 29.1 Å². The molecule has 0 aromatic heterocycles. The van der Waals surface area contributed by atoms with Crippen LogP contribution >= 0.6 is 11.6 Å². The summed E-state index contributed by atoms with van der Waals surface area (Å²) in [5, 5.41) is -0.0471. The van der Waals surface area contributed by atoms with Gasteiger partial charge in [-0.15, -0.1) is 13.2 Å². The molecule has 0 bridgehead atoms. The third kappa shape index (κ3) is 5.38. The third-order valence-corrected chi connectivity index (χ3v) is 8.65. The Morgan fingerprint density at radius 2 is 1.82 bits per heavy atom. The summed E-state index contributed by atoms with van der Waals surface area (Å²) in [6.45, 7) is 12.1. The van der Waals surface area contributed by atoms with Crippen molar-refractivity contribution in [2.24, 2.45) is 5.41 Å². The highest BCUT2D eigenvalue weighted by atomic mass is 35.5. The lowest BCUT2D eigenvalue weighted by Crippen LogP contribution is -2.57. The van der Waals surface area contributed by atoms with E-state index < -0.39 is 29.2 Å². The predicted octanol–water partition coefficient (Wildman–Crippen LogP) is 7.58. The number of carbonyl (C=O) groups excluding carboxylic acids is 2. The fraction of sp³-hybridized carbons (Fsp3) is 0.419. The number of amides is 3. The monoisotopic (exact) mass is 573 g/mol. The Morgan fingerprint density at radius 3 is 2.42 bits per heavy atom. The Morgan fingerprint density at radius 1 is 1.18 bits per heavy atom. The van der Waals surface area contributed by atoms with Crippen molar-refractivity contribution in [3.8, 4) is 0 Å². The van der Waals surface area contributed by atoms with Crippen LogP contribution in [0, 0.1) is 12.3 Å². The molecular formula is C31H35ClF3N3O2. The number of hydrogen-bond acceptors (Lipinski definition) is 2. The maximum Gasteiger partial charge on any atom is 0.416 e. The van der Waals surface area contributed by atoms with E-state index in [1.54, 1.807) is 31.0 Å². The second kappa shape index (κ2) is 11.3. The highest BCUT2D eigenvalue weighted by Gasteiger charge is 2.56. The molecule has 0 aliphatic carbocycles. The average molecular weight is 574 g/mol. The van der Waals surface area contributed by atoms with Crippen LogP contribution in [0.1, 0.15) is 60.5 Å². The number of allylic oxidation sites excluding steroid dienone is 2. The maximum absolute atomic E-state index is 14.1. The molecule has 40 heavy (non-hydrogen) atoms. The summed E-state index contributed by atoms with van der Waals surface area (Å²) in [4.78, 5) is 33.0. The van der Waals surface area contributed by atoms with Crippen LogP contribution in [0.5, 0.6) is 0 Å². The number of alkyl halides is 3. The van der Waals surface area contributed by atoms with E-state index in [0.717, 1.165) is 23.3 Å². The summed E-state index contributed by atoms with van der Waals surface area (Å²) in [5.74, 6) is 0.0447. The molecule has 2 aromatic rings. The van der Waals surface area contributed by atoms with Crippen molar-refractivity contribution >= 4 is 23.5 Å². The third-order valence-electron chi connectivity index (χ3n) is 8.43. The minimum Gasteiger partial charge on any atom is -0.335 e. The number of nitrogens with zero attached hydrogens (tertiary/aromatic N) is 3. The Hall–Kier alpha value is -3.26. The van der Waals surface area contributed by atoms with Crippen LogP contribution in [0.2, 0.25) is 5.02 Å². The zero-order valence-electron chi connectivity index (χ0n) is 23.0. The quantitative estimate of drug-likeness (QED) is 0.321. The molecule has 2 aromatic carbocycles. The van der Waals surface area contributed by atoms with Gasteiger partial charge in [0.1, 0.15) is 0 Å². The highest BCUT2D eigenvalue weighted by Crippen LogP contribution is 2.50. The van der Waals surface area contributed by atoms with Crippen molar-refractivity contribution in [1.82, 2.24) is 14.7 Å². The van der Waals surface area contributed by atoms with E-state index in [9.17, 15) is 22.8 Å². The number of carbonyl (C=O) groups is 2. The number of benzene rings is 2. The van der Waals surface area contributed by atoms with Gasteiger partial charge >= 0.3 is 12.2 Å². The summed E-state index contributed by atoms with van der Waals surface area (Å²) in [7, 11) is 1.59. The van der Waals surface area contributed by atoms with Gasteiger partial charge in [-0.1, -0.05) is 48.0 Å². The van der Waals surface area contributed by atoms with E-state index in [-0.39, 0.29) is 28.6 Å². The largest absolute Gasteiger partial charge is 0.416 e. The van der Waals surface area contributed by atoms with Gasteiger partial charge in [-0.05, 0) is 68.0 Å². The Balaban J connectivity index is 1.72. The van der Waals surface area contributed by atoms with Crippen LogP contribution in [0.3, 0.4) is 0 Å². The minimum absolute atomic E-state index is 0.0447. The van der Waals surface area contributed by atoms with E-state index in [0.29, 0.717) is 32.4 Å². The molecule has 0 N–H and O–H groups in total. The zero-order chi connectivity index (χ0) is 29.4. The number of halogens is 4. The van der Waals surface area contributed by atoms with Crippen LogP contribution in [0.15, 0.2) is 67.8 Å². The van der Waals surface area contributed by atoms with Crippen molar-refractivity contribution in [2.75, 3.05) is 20.1 Å². The molecule has 9 heteroatoms. The van der Waals surface area contributed by atoms with Crippen molar-refractivity contribution in [3.63, 3.8) is 0 Å². The number of urea groups is 1. The Kier molecular flexibility index (Phi) is 8.41. The van der Waals surface area contributed by atoms with Gasteiger partial charge in [-0.3, -0.25) is 4.79 Å². The molecule has 0 saturated carbocycles. The second-order valence-electron chi connectivity index (χ2n) is 10.9. The summed E-state index contributed by atoms with van der Waals surface area (Å²) in [5.41, 5.74) is 0.690. The molecule has 2 fully saturated rings. The number of hydrogen-bond donors (Lipinski definition) is 0. The van der Waals surface area contributed by atoms with Gasteiger partial charge in [-0.2, -0.15) is 13.2 Å². The summed E-state index contributed by atoms with van der Waals surface area (Å²) >= 11 is 6.04. The SMILES string of the molecule is C=CCC1(CC=C)CC2C(c3ccccc3C)N(C(=O)N(C)C(C)c3cc(Cl)cc(C(F)(F)F)c3)CCN2C1=O. The first-order valence-corrected chi connectivity index (χ1v) is 13.7. The highest BCUT2D eigenvalue weighted by molar-refractivity contribution is 6.30. The molecular weight excluding hydrogens is 539 g/mol. The molecule has 3 amide bonds. The van der Waals surface area contributed by atoms with Gasteiger partial charge in [0, 0.05) is 25.2 Å². The van der Waals surface area contributed by atoms with Crippen molar-refractivity contribution < 1.29 is 22.8 Å². The van der Waals surface area contributed by atoms with Crippen molar-refractivity contribution in [2.45, 2.75) is 57.4 Å². The molecule has 3 atom stereocenters. The van der Waals surface area contributed by atoms with Gasteiger partial charge in [0.25, 0.3) is 0 Å². The van der Waals surface area contributed by atoms with Crippen LogP contribution in [-0.2, 0) is 11.0 Å². The lowest BCUT2D eigenvalue weighted by Gasteiger charge is -2.47. The topological polar surface area (TPSA) is 43.9 Å². The minimum atomic E-state index is -4.56. The average Bonchev–Trinajstić information content (AvgIpc) is 3.18. The van der Waals surface area contributed by atoms with Crippen molar-refractivity contribution in [3.05, 3.63) is 95.1 Å². The molecule has 4 rings (SSSR count). The standard InChI is InChI=1S/C31H35ClF3N3O2/c1-6-12-30(13-7-2)19-26-27(25-11-9-8-10-20(25)3)38(15-14-37(26)28(30)39)29(40)36(5)21(4)22-16-23(31(33,34)35)18-24(32)17-22/h6-11,16-18,21,26-27H,1-2,12-15,19H2,3-5H3. The number of fused-ring (bicyclic) bond motifs is 1. The normalized spacial score (nSPS) is 21.1. The molecule has 0 radical (unpaired) electrons. The fourth-order valence-corrected chi connectivity index (χ4v) is 6.50. The van der Waals surface area contributed by atoms with E-state index >= 15 is 0 Å². The zero-order valence-corrected chi connectivity index (χ0v) is 23.8. The molecule has 0 spiro atoms. The van der Waals surface area contributed by atoms with E-state index in [1.807, 2.05) is 36.1 Å². The first-order chi connectivity index (χ1) is 18.8. The smallest absolute Gasteiger partial charge is 0.335 e. The Bertz CT molecular complexity index is 1300. The lowest BCUT2D eigenvalue weighted by molar-refractivity contribution is -0.139. The fourth-order valence-electron chi connectivity index (χ4n) is 6.26. The van der Waals surface area contributed by atoms with Gasteiger partial charge < -0.3 is 14.7 Å². The maximum atomic E-state index is 14.1. The van der Waals surface area contributed by atoms with Crippen LogP contribution in [0.4, 0.5) is 18.0 Å². The van der Waals surface area contributed by atoms with Crippen LogP contribution in [-0.4, -0.2) is 52.8 Å². The predicted molar refractivity (Wildman–Crippen MR) is 151 cm³/mol. The van der Waals surface area contributed by atoms with Crippen LogP contribution < -0.4 is 0 Å². The molecule has 214 valence electrons. The van der Waals surface area contributed by atoms with Crippen LogP contribution in [0.25, 0.3) is 0 Å². The van der Waals surface area contributed by atoms with E-state index in [2.05, 4.69) is 13.2 Å². The molecule has 2 aliphatic heterocycles. The summed E-state index contributed by atoms with van der Waals surface area (Å²) < 4.78 is 40.4. The summed E-state index contributed by atoms with van der Waals surface area (Å²) in [6, 6.07) is 9.46.